The molecule has 0 aromatic carbocycles. The number of thioether (sulfide) groups is 1. The number of hydrogen-bond acceptors (Lipinski definition) is 7. The predicted molar refractivity (Wildman–Crippen MR) is 50.8 cm³/mol. The van der Waals surface area contributed by atoms with Crippen molar-refractivity contribution in [1.29, 1.82) is 0 Å². The van der Waals surface area contributed by atoms with E-state index < -0.39 is 29.8 Å². The lowest BCUT2D eigenvalue weighted by Crippen LogP contribution is -2.55. The van der Waals surface area contributed by atoms with Crippen LogP contribution in [0.15, 0.2) is 4.99 Å². The molecule has 1 saturated heterocycles. The van der Waals surface area contributed by atoms with Gasteiger partial charge in [-0.1, -0.05) is 11.8 Å². The van der Waals surface area contributed by atoms with Crippen LogP contribution in [0.4, 0.5) is 0 Å². The van der Waals surface area contributed by atoms with Gasteiger partial charge in [-0.3, -0.25) is 4.99 Å². The van der Waals surface area contributed by atoms with Crippen molar-refractivity contribution in [3.63, 3.8) is 0 Å². The average Bonchev–Trinajstić information content (AvgIpc) is 2.52. The second kappa shape index (κ2) is 3.67. The van der Waals surface area contributed by atoms with E-state index in [4.69, 9.17) is 15.6 Å². The Morgan fingerprint density at radius 1 is 1.43 bits per heavy atom. The SMILES string of the molecule is NC1=NC2C(O[C@H](CO)[C@@H](O)[C@@H]2O)S1. The van der Waals surface area contributed by atoms with Crippen LogP contribution in [-0.4, -0.2) is 56.9 Å². The lowest BCUT2D eigenvalue weighted by Gasteiger charge is -2.37. The van der Waals surface area contributed by atoms with Gasteiger partial charge in [0.05, 0.1) is 6.61 Å². The van der Waals surface area contributed by atoms with Gasteiger partial charge >= 0.3 is 0 Å². The van der Waals surface area contributed by atoms with Gasteiger partial charge in [-0.2, -0.15) is 0 Å². The predicted octanol–water partition coefficient (Wildman–Crippen LogP) is -2.14. The zero-order chi connectivity index (χ0) is 10.3. The van der Waals surface area contributed by atoms with Gasteiger partial charge in [-0.25, -0.2) is 0 Å². The molecule has 7 heteroatoms. The van der Waals surface area contributed by atoms with Crippen molar-refractivity contribution in [3.05, 3.63) is 0 Å². The van der Waals surface area contributed by atoms with Crippen LogP contribution in [0.2, 0.25) is 0 Å². The maximum atomic E-state index is 9.65. The van der Waals surface area contributed by atoms with E-state index in [0.717, 1.165) is 0 Å². The lowest BCUT2D eigenvalue weighted by molar-refractivity contribution is -0.164. The third kappa shape index (κ3) is 1.51. The van der Waals surface area contributed by atoms with Gasteiger partial charge in [-0.15, -0.1) is 0 Å². The molecule has 0 bridgehead atoms. The van der Waals surface area contributed by atoms with E-state index in [2.05, 4.69) is 4.99 Å². The van der Waals surface area contributed by atoms with Crippen molar-refractivity contribution in [2.45, 2.75) is 29.8 Å². The molecule has 5 N–H and O–H groups in total. The van der Waals surface area contributed by atoms with Crippen LogP contribution in [0, 0.1) is 0 Å². The molecule has 80 valence electrons. The second-order valence-corrected chi connectivity index (χ2v) is 4.40. The number of nitrogens with two attached hydrogens (primary N) is 1. The number of amidine groups is 1. The first kappa shape index (κ1) is 10.2. The van der Waals surface area contributed by atoms with Crippen molar-refractivity contribution in [1.82, 2.24) is 0 Å². The molecule has 0 radical (unpaired) electrons. The minimum absolute atomic E-state index is 0.331. The summed E-state index contributed by atoms with van der Waals surface area (Å²) in [5.41, 5.74) is 5.07. The second-order valence-electron chi connectivity index (χ2n) is 3.28. The van der Waals surface area contributed by atoms with E-state index in [1.54, 1.807) is 0 Å². The first-order valence-corrected chi connectivity index (χ1v) is 5.14. The van der Waals surface area contributed by atoms with Gasteiger partial charge in [0.2, 0.25) is 0 Å². The van der Waals surface area contributed by atoms with Crippen molar-refractivity contribution in [2.24, 2.45) is 10.7 Å². The number of aliphatic imine (C=N–C) groups is 1. The minimum atomic E-state index is -1.11. The average molecular weight is 220 g/mol. The zero-order valence-electron chi connectivity index (χ0n) is 7.28. The van der Waals surface area contributed by atoms with E-state index >= 15 is 0 Å². The summed E-state index contributed by atoms with van der Waals surface area (Å²) >= 11 is 1.20. The van der Waals surface area contributed by atoms with Gasteiger partial charge < -0.3 is 25.8 Å². The molecule has 0 aromatic rings. The fourth-order valence-corrected chi connectivity index (χ4v) is 2.58. The summed E-state index contributed by atoms with van der Waals surface area (Å²) in [5, 5.41) is 28.4. The highest BCUT2D eigenvalue weighted by molar-refractivity contribution is 8.14. The summed E-state index contributed by atoms with van der Waals surface area (Å²) in [6.45, 7) is -0.331. The monoisotopic (exact) mass is 220 g/mol. The Morgan fingerprint density at radius 3 is 2.79 bits per heavy atom. The molecule has 0 saturated carbocycles. The molecular weight excluding hydrogens is 208 g/mol. The first-order valence-electron chi connectivity index (χ1n) is 4.26. The normalized spacial score (nSPS) is 47.4. The number of hydrogen-bond donors (Lipinski definition) is 4. The maximum Gasteiger partial charge on any atom is 0.157 e. The Labute approximate surface area is 84.8 Å². The van der Waals surface area contributed by atoms with Crippen molar-refractivity contribution in [2.75, 3.05) is 6.61 Å². The standard InChI is InChI=1S/C7H12N2O4S/c8-7-9-3-5(12)4(11)2(1-10)13-6(3)14-7/h2-6,10-12H,1H2,(H2,8,9)/t2-,3?,4-,5-,6?/m1/s1. The van der Waals surface area contributed by atoms with Crippen LogP contribution < -0.4 is 5.73 Å². The third-order valence-electron chi connectivity index (χ3n) is 2.36. The highest BCUT2D eigenvalue weighted by Crippen LogP contribution is 2.34. The number of fused-ring (bicyclic) bond motifs is 1. The Morgan fingerprint density at radius 2 is 2.14 bits per heavy atom. The van der Waals surface area contributed by atoms with Gasteiger partial charge in [0.1, 0.15) is 29.8 Å². The van der Waals surface area contributed by atoms with Crippen LogP contribution in [0.3, 0.4) is 0 Å². The van der Waals surface area contributed by atoms with Gasteiger partial charge in [0.25, 0.3) is 0 Å². The molecule has 0 aromatic heterocycles. The molecule has 1 fully saturated rings. The van der Waals surface area contributed by atoms with Crippen molar-refractivity contribution in [3.8, 4) is 0 Å². The van der Waals surface area contributed by atoms with Gasteiger partial charge in [0, 0.05) is 0 Å². The molecule has 6 nitrogen and oxygen atoms in total. The largest absolute Gasteiger partial charge is 0.394 e. The lowest BCUT2D eigenvalue weighted by atomic mass is 9.99. The number of aliphatic hydroxyl groups is 3. The van der Waals surface area contributed by atoms with Gasteiger partial charge in [-0.05, 0) is 0 Å². The van der Waals surface area contributed by atoms with Crippen molar-refractivity contribution < 1.29 is 20.1 Å². The van der Waals surface area contributed by atoms with Gasteiger partial charge in [0.15, 0.2) is 5.17 Å². The van der Waals surface area contributed by atoms with Crippen LogP contribution in [0.5, 0.6) is 0 Å². The summed E-state index contributed by atoms with van der Waals surface area (Å²) < 4.78 is 5.32. The summed E-state index contributed by atoms with van der Waals surface area (Å²) in [7, 11) is 0. The smallest absolute Gasteiger partial charge is 0.157 e. The van der Waals surface area contributed by atoms with E-state index in [-0.39, 0.29) is 6.61 Å². The summed E-state index contributed by atoms with van der Waals surface area (Å²) in [5.74, 6) is 0. The number of aliphatic hydroxyl groups excluding tert-OH is 3. The molecule has 2 aliphatic rings. The number of rotatable bonds is 1. The van der Waals surface area contributed by atoms with Crippen LogP contribution >= 0.6 is 11.8 Å². The molecule has 14 heavy (non-hydrogen) atoms. The Hall–Kier alpha value is -0.340. The quantitative estimate of drug-likeness (QED) is 0.401. The topological polar surface area (TPSA) is 108 Å². The molecular formula is C7H12N2O4S. The van der Waals surface area contributed by atoms with Crippen LogP contribution in [0.1, 0.15) is 0 Å². The highest BCUT2D eigenvalue weighted by Gasteiger charge is 2.47. The first-order chi connectivity index (χ1) is 6.63. The Balaban J connectivity index is 2.14. The number of ether oxygens (including phenoxy) is 1. The van der Waals surface area contributed by atoms with Crippen molar-refractivity contribution >= 4 is 16.9 Å². The van der Waals surface area contributed by atoms with Crippen LogP contribution in [0.25, 0.3) is 0 Å². The Kier molecular flexibility index (Phi) is 2.67. The van der Waals surface area contributed by atoms with E-state index in [1.807, 2.05) is 0 Å². The highest BCUT2D eigenvalue weighted by atomic mass is 32.2. The maximum absolute atomic E-state index is 9.65. The molecule has 2 rings (SSSR count). The molecule has 0 spiro atoms. The third-order valence-corrected chi connectivity index (χ3v) is 3.33. The fraction of sp³-hybridized carbons (Fsp3) is 0.857. The van der Waals surface area contributed by atoms with E-state index in [0.29, 0.717) is 5.17 Å². The summed E-state index contributed by atoms with van der Waals surface area (Å²) in [4.78, 5) is 3.95. The molecule has 2 heterocycles. The molecule has 0 aliphatic carbocycles. The molecule has 0 amide bonds. The molecule has 5 atom stereocenters. The van der Waals surface area contributed by atoms with Crippen LogP contribution in [-0.2, 0) is 4.74 Å². The van der Waals surface area contributed by atoms with E-state index in [9.17, 15) is 10.2 Å². The summed E-state index contributed by atoms with van der Waals surface area (Å²) in [6, 6.07) is -0.530. The molecule has 2 aliphatic heterocycles. The fourth-order valence-electron chi connectivity index (χ4n) is 1.60. The minimum Gasteiger partial charge on any atom is -0.394 e. The summed E-state index contributed by atoms with van der Waals surface area (Å²) in [6.07, 6.45) is -2.91. The Bertz CT molecular complexity index is 262. The van der Waals surface area contributed by atoms with E-state index in [1.165, 1.54) is 11.8 Å². The molecule has 2 unspecified atom stereocenters. The zero-order valence-corrected chi connectivity index (χ0v) is 8.09. The number of nitrogens with zero attached hydrogens (tertiary/aromatic N) is 1.